The van der Waals surface area contributed by atoms with Crippen LogP contribution in [-0.4, -0.2) is 47.2 Å². The van der Waals surface area contributed by atoms with Gasteiger partial charge in [-0.15, -0.1) is 0 Å². The molecule has 0 spiro atoms. The lowest BCUT2D eigenvalue weighted by Crippen LogP contribution is -2.52. The van der Waals surface area contributed by atoms with Gasteiger partial charge in [0.25, 0.3) is 0 Å². The number of hydrogen-bond acceptors (Lipinski definition) is 5. The Morgan fingerprint density at radius 3 is 2.06 bits per heavy atom. The summed E-state index contributed by atoms with van der Waals surface area (Å²) in [5.74, 6) is -1.43. The zero-order valence-corrected chi connectivity index (χ0v) is 19.1. The van der Waals surface area contributed by atoms with Crippen molar-refractivity contribution in [3.05, 3.63) is 59.7 Å². The van der Waals surface area contributed by atoms with Crippen molar-refractivity contribution in [3.63, 3.8) is 0 Å². The number of aliphatic imine (C=N–C) groups is 1. The van der Waals surface area contributed by atoms with Crippen LogP contribution in [0.1, 0.15) is 51.2 Å². The van der Waals surface area contributed by atoms with Gasteiger partial charge < -0.3 is 19.9 Å². The molecular weight excluding hydrogens is 424 g/mol. The van der Waals surface area contributed by atoms with Crippen molar-refractivity contribution in [2.75, 3.05) is 6.61 Å². The lowest BCUT2D eigenvalue weighted by molar-refractivity contribution is -0.143. The molecule has 8 nitrogen and oxygen atoms in total. The minimum atomic E-state index is -1.71. The quantitative estimate of drug-likeness (QED) is 0.611. The highest BCUT2D eigenvalue weighted by atomic mass is 16.6. The van der Waals surface area contributed by atoms with E-state index in [1.807, 2.05) is 48.5 Å². The zero-order valence-electron chi connectivity index (χ0n) is 19.1. The fraction of sp³-hybridized carbons (Fsp3) is 0.360. The van der Waals surface area contributed by atoms with Crippen LogP contribution in [0.15, 0.2) is 53.5 Å². The second-order valence-electron chi connectivity index (χ2n) is 9.08. The maximum atomic E-state index is 12.5. The molecule has 2 aromatic carbocycles. The van der Waals surface area contributed by atoms with Crippen molar-refractivity contribution in [1.82, 2.24) is 5.32 Å². The number of aliphatic carboxylic acids is 1. The molecule has 1 atom stereocenters. The van der Waals surface area contributed by atoms with Gasteiger partial charge >= 0.3 is 18.2 Å². The SMILES string of the molecule is CC(C)(C)OC(=O)N=CC[C@](C)(NC(=O)OCC1c2ccccc2-c2ccccc21)C(=O)O. The van der Waals surface area contributed by atoms with Gasteiger partial charge in [0, 0.05) is 18.6 Å². The number of amides is 2. The molecule has 2 amide bonds. The lowest BCUT2D eigenvalue weighted by Gasteiger charge is -2.25. The summed E-state index contributed by atoms with van der Waals surface area (Å²) in [6.45, 7) is 6.46. The Hall–Kier alpha value is -3.68. The van der Waals surface area contributed by atoms with E-state index in [1.54, 1.807) is 20.8 Å². The van der Waals surface area contributed by atoms with Crippen LogP contribution in [0.2, 0.25) is 0 Å². The highest BCUT2D eigenvalue weighted by Gasteiger charge is 2.36. The molecule has 1 aliphatic carbocycles. The van der Waals surface area contributed by atoms with Gasteiger partial charge in [0.1, 0.15) is 17.7 Å². The van der Waals surface area contributed by atoms with Crippen LogP contribution in [0.5, 0.6) is 0 Å². The highest BCUT2D eigenvalue weighted by molar-refractivity contribution is 5.89. The summed E-state index contributed by atoms with van der Waals surface area (Å²) in [7, 11) is 0. The number of carbonyl (C=O) groups is 3. The van der Waals surface area contributed by atoms with Gasteiger partial charge in [-0.05, 0) is 49.9 Å². The third kappa shape index (κ3) is 5.77. The molecular formula is C25H28N2O6. The van der Waals surface area contributed by atoms with E-state index in [2.05, 4.69) is 10.3 Å². The van der Waals surface area contributed by atoms with Crippen LogP contribution in [-0.2, 0) is 14.3 Å². The number of carbonyl (C=O) groups excluding carboxylic acids is 2. The Bertz CT molecular complexity index is 1040. The number of carboxylic acids is 1. The monoisotopic (exact) mass is 452 g/mol. The van der Waals surface area contributed by atoms with Crippen molar-refractivity contribution in [1.29, 1.82) is 0 Å². The number of rotatable bonds is 6. The zero-order chi connectivity index (χ0) is 24.2. The summed E-state index contributed by atoms with van der Waals surface area (Å²) >= 11 is 0. The fourth-order valence-corrected chi connectivity index (χ4v) is 3.64. The van der Waals surface area contributed by atoms with E-state index in [0.29, 0.717) is 0 Å². The third-order valence-electron chi connectivity index (χ3n) is 5.28. The first-order chi connectivity index (χ1) is 15.5. The van der Waals surface area contributed by atoms with Crippen LogP contribution >= 0.6 is 0 Å². The van der Waals surface area contributed by atoms with E-state index in [4.69, 9.17) is 9.47 Å². The van der Waals surface area contributed by atoms with Crippen LogP contribution < -0.4 is 5.32 Å². The average molecular weight is 453 g/mol. The molecule has 0 aromatic heterocycles. The normalized spacial score (nSPS) is 14.8. The molecule has 0 unspecified atom stereocenters. The van der Waals surface area contributed by atoms with E-state index < -0.39 is 29.3 Å². The first-order valence-electron chi connectivity index (χ1n) is 10.6. The average Bonchev–Trinajstić information content (AvgIpc) is 3.04. The van der Waals surface area contributed by atoms with E-state index in [1.165, 1.54) is 6.92 Å². The van der Waals surface area contributed by atoms with Gasteiger partial charge in [0.2, 0.25) is 0 Å². The number of nitrogens with one attached hydrogen (secondary N) is 1. The van der Waals surface area contributed by atoms with Crippen molar-refractivity contribution in [2.45, 2.75) is 51.2 Å². The van der Waals surface area contributed by atoms with Gasteiger partial charge in [0.05, 0.1) is 0 Å². The van der Waals surface area contributed by atoms with Gasteiger partial charge in [-0.1, -0.05) is 48.5 Å². The molecule has 0 bridgehead atoms. The Balaban J connectivity index is 1.64. The maximum Gasteiger partial charge on any atom is 0.433 e. The van der Waals surface area contributed by atoms with Crippen molar-refractivity contribution in [2.24, 2.45) is 4.99 Å². The number of carboxylic acid groups (broad SMARTS) is 1. The third-order valence-corrected chi connectivity index (χ3v) is 5.28. The number of nitrogens with zero attached hydrogens (tertiary/aromatic N) is 1. The summed E-state index contributed by atoms with van der Waals surface area (Å²) in [4.78, 5) is 39.6. The van der Waals surface area contributed by atoms with E-state index in [-0.39, 0.29) is 18.9 Å². The summed E-state index contributed by atoms with van der Waals surface area (Å²) in [6.07, 6.45) is -0.818. The highest BCUT2D eigenvalue weighted by Crippen LogP contribution is 2.44. The lowest BCUT2D eigenvalue weighted by atomic mass is 9.98. The summed E-state index contributed by atoms with van der Waals surface area (Å²) in [5.41, 5.74) is 1.86. The molecule has 2 N–H and O–H groups in total. The minimum Gasteiger partial charge on any atom is -0.480 e. The van der Waals surface area contributed by atoms with Crippen LogP contribution in [0.3, 0.4) is 0 Å². The number of benzene rings is 2. The summed E-state index contributed by atoms with van der Waals surface area (Å²) in [5, 5.41) is 12.0. The molecule has 33 heavy (non-hydrogen) atoms. The van der Waals surface area contributed by atoms with Gasteiger partial charge in [-0.2, -0.15) is 4.99 Å². The molecule has 0 aliphatic heterocycles. The molecule has 3 rings (SSSR count). The van der Waals surface area contributed by atoms with E-state index in [0.717, 1.165) is 28.5 Å². The van der Waals surface area contributed by atoms with E-state index in [9.17, 15) is 19.5 Å². The molecule has 0 heterocycles. The first-order valence-corrected chi connectivity index (χ1v) is 10.6. The topological polar surface area (TPSA) is 114 Å². The number of hydrogen-bond donors (Lipinski definition) is 2. The molecule has 2 aromatic rings. The predicted molar refractivity (Wildman–Crippen MR) is 124 cm³/mol. The van der Waals surface area contributed by atoms with Gasteiger partial charge in [-0.3, -0.25) is 0 Å². The van der Waals surface area contributed by atoms with Crippen molar-refractivity contribution < 1.29 is 29.0 Å². The second kappa shape index (κ2) is 9.44. The Morgan fingerprint density at radius 1 is 1.00 bits per heavy atom. The Labute approximate surface area is 192 Å². The smallest absolute Gasteiger partial charge is 0.433 e. The number of alkyl carbamates (subject to hydrolysis) is 1. The van der Waals surface area contributed by atoms with Gasteiger partial charge in [-0.25, -0.2) is 14.4 Å². The molecule has 8 heteroatoms. The van der Waals surface area contributed by atoms with Crippen molar-refractivity contribution in [3.8, 4) is 11.1 Å². The predicted octanol–water partition coefficient (Wildman–Crippen LogP) is 4.76. The molecule has 0 saturated heterocycles. The van der Waals surface area contributed by atoms with Crippen LogP contribution in [0.25, 0.3) is 11.1 Å². The van der Waals surface area contributed by atoms with Crippen molar-refractivity contribution >= 4 is 24.4 Å². The molecule has 174 valence electrons. The van der Waals surface area contributed by atoms with Gasteiger partial charge in [0.15, 0.2) is 0 Å². The van der Waals surface area contributed by atoms with Crippen LogP contribution in [0, 0.1) is 0 Å². The fourth-order valence-electron chi connectivity index (χ4n) is 3.64. The van der Waals surface area contributed by atoms with Crippen LogP contribution in [0.4, 0.5) is 9.59 Å². The second-order valence-corrected chi connectivity index (χ2v) is 9.08. The Morgan fingerprint density at radius 2 is 1.55 bits per heavy atom. The molecule has 0 fully saturated rings. The maximum absolute atomic E-state index is 12.5. The minimum absolute atomic E-state index is 0.0571. The van der Waals surface area contributed by atoms with E-state index >= 15 is 0 Å². The first kappa shape index (κ1) is 24.0. The largest absolute Gasteiger partial charge is 0.480 e. The number of fused-ring (bicyclic) bond motifs is 3. The Kier molecular flexibility index (Phi) is 6.86. The molecule has 1 aliphatic rings. The number of ether oxygens (including phenoxy) is 2. The summed E-state index contributed by atoms with van der Waals surface area (Å²) < 4.78 is 10.5. The summed E-state index contributed by atoms with van der Waals surface area (Å²) in [6, 6.07) is 15.8. The molecule has 0 saturated carbocycles. The molecule has 0 radical (unpaired) electrons. The standard InChI is InChI=1S/C25H28N2O6/c1-24(2,3)33-22(30)26-14-13-25(4,21(28)29)27-23(31)32-15-20-18-11-7-5-9-16(18)17-10-6-8-12-19(17)20/h5-12,14,20H,13,15H2,1-4H3,(H,27,31)(H,28,29)/t25-/m0/s1.